The predicted molar refractivity (Wildman–Crippen MR) is 122 cm³/mol. The van der Waals surface area contributed by atoms with Crippen molar-refractivity contribution in [3.8, 4) is 17.2 Å². The van der Waals surface area contributed by atoms with Crippen molar-refractivity contribution in [1.29, 1.82) is 0 Å². The number of nitrogens with one attached hydrogen (secondary N) is 1. The van der Waals surface area contributed by atoms with Crippen LogP contribution in [0.25, 0.3) is 6.08 Å². The molecule has 0 bridgehead atoms. The molecule has 0 aliphatic rings. The Balaban J connectivity index is 1.62. The van der Waals surface area contributed by atoms with Gasteiger partial charge in [-0.1, -0.05) is 30.3 Å². The summed E-state index contributed by atoms with van der Waals surface area (Å²) in [5, 5.41) is 1.07. The first-order valence-electron chi connectivity index (χ1n) is 9.74. The van der Waals surface area contributed by atoms with E-state index in [-0.39, 0.29) is 12.4 Å². The van der Waals surface area contributed by atoms with Crippen molar-refractivity contribution in [2.45, 2.75) is 13.2 Å². The summed E-state index contributed by atoms with van der Waals surface area (Å²) in [4.78, 5) is 0. The highest BCUT2D eigenvalue weighted by Crippen LogP contribution is 2.29. The molecule has 0 saturated heterocycles. The van der Waals surface area contributed by atoms with Gasteiger partial charge in [0.1, 0.15) is 18.2 Å². The minimum atomic E-state index is -3.68. The zero-order valence-electron chi connectivity index (χ0n) is 17.7. The van der Waals surface area contributed by atoms with Gasteiger partial charge in [0.2, 0.25) is 10.0 Å². The average Bonchev–Trinajstić information content (AvgIpc) is 2.81. The summed E-state index contributed by atoms with van der Waals surface area (Å²) in [5.41, 5.74) is 2.25. The van der Waals surface area contributed by atoms with Crippen LogP contribution in [0.1, 0.15) is 16.7 Å². The van der Waals surface area contributed by atoms with Crippen LogP contribution in [0.3, 0.4) is 0 Å². The zero-order valence-corrected chi connectivity index (χ0v) is 18.6. The Bertz CT molecular complexity index is 1160. The Hall–Kier alpha value is -3.36. The highest BCUT2D eigenvalue weighted by molar-refractivity contribution is 7.92. The summed E-state index contributed by atoms with van der Waals surface area (Å²) in [6.45, 7) is 0.408. The van der Waals surface area contributed by atoms with Crippen LogP contribution in [0.2, 0.25) is 0 Å². The maximum absolute atomic E-state index is 12.9. The van der Waals surface area contributed by atoms with Crippen LogP contribution in [0.15, 0.2) is 72.1 Å². The molecule has 0 saturated carbocycles. The van der Waals surface area contributed by atoms with Crippen LogP contribution in [0.4, 0.5) is 4.39 Å². The number of benzene rings is 3. The molecule has 0 atom stereocenters. The smallest absolute Gasteiger partial charge is 0.234 e. The van der Waals surface area contributed by atoms with Crippen LogP contribution in [0.5, 0.6) is 17.2 Å². The minimum absolute atomic E-state index is 0.0639. The fraction of sp³-hybridized carbons (Fsp3) is 0.167. The fourth-order valence-corrected chi connectivity index (χ4v) is 3.59. The highest BCUT2D eigenvalue weighted by atomic mass is 32.2. The first-order valence-corrected chi connectivity index (χ1v) is 11.3. The first-order chi connectivity index (χ1) is 15.4. The number of ether oxygens (including phenoxy) is 3. The second-order valence-corrected chi connectivity index (χ2v) is 8.49. The van der Waals surface area contributed by atoms with Crippen LogP contribution >= 0.6 is 0 Å². The van der Waals surface area contributed by atoms with Crippen LogP contribution in [-0.2, 0) is 23.2 Å². The van der Waals surface area contributed by atoms with E-state index in [1.165, 1.54) is 37.5 Å². The maximum atomic E-state index is 12.9. The van der Waals surface area contributed by atoms with E-state index in [4.69, 9.17) is 14.2 Å². The van der Waals surface area contributed by atoms with Gasteiger partial charge < -0.3 is 14.2 Å². The van der Waals surface area contributed by atoms with Gasteiger partial charge in [0.25, 0.3) is 0 Å². The topological polar surface area (TPSA) is 73.9 Å². The molecule has 0 heterocycles. The van der Waals surface area contributed by atoms with Gasteiger partial charge in [-0.2, -0.15) is 0 Å². The lowest BCUT2D eigenvalue weighted by Crippen LogP contribution is -2.20. The molecule has 0 aliphatic heterocycles. The zero-order chi connectivity index (χ0) is 23.0. The number of methoxy groups -OCH3 is 2. The van der Waals surface area contributed by atoms with E-state index >= 15 is 0 Å². The Kier molecular flexibility index (Phi) is 7.86. The lowest BCUT2D eigenvalue weighted by molar-refractivity contribution is 0.284. The molecule has 0 spiro atoms. The second kappa shape index (κ2) is 10.8. The van der Waals surface area contributed by atoms with Crippen LogP contribution in [-0.4, -0.2) is 22.6 Å². The summed E-state index contributed by atoms with van der Waals surface area (Å²) in [7, 11) is -0.548. The van der Waals surface area contributed by atoms with Gasteiger partial charge in [-0.15, -0.1) is 0 Å². The van der Waals surface area contributed by atoms with E-state index in [0.29, 0.717) is 29.2 Å². The standard InChI is InChI=1S/C24H24FNO5S/c1-29-22-10-5-20(6-11-22)17-31-23-12-7-18(15-24(23)30-2)13-14-32(27,28)26-16-19-3-8-21(25)9-4-19/h3-15,26H,16-17H2,1-2H3/b14-13+. The van der Waals surface area contributed by atoms with Crippen molar-refractivity contribution in [3.05, 3.63) is 94.6 Å². The summed E-state index contributed by atoms with van der Waals surface area (Å²) in [6, 6.07) is 18.3. The van der Waals surface area contributed by atoms with E-state index in [9.17, 15) is 12.8 Å². The molecule has 3 aromatic carbocycles. The minimum Gasteiger partial charge on any atom is -0.497 e. The molecule has 1 N–H and O–H groups in total. The highest BCUT2D eigenvalue weighted by Gasteiger charge is 2.08. The summed E-state index contributed by atoms with van der Waals surface area (Å²) in [5.74, 6) is 1.42. The SMILES string of the molecule is COc1ccc(COc2ccc(/C=C/S(=O)(=O)NCc3ccc(F)cc3)cc2OC)cc1. The Morgan fingerprint density at radius 2 is 1.56 bits per heavy atom. The number of halogens is 1. The molecule has 0 aliphatic carbocycles. The Morgan fingerprint density at radius 1 is 0.875 bits per heavy atom. The summed E-state index contributed by atoms with van der Waals surface area (Å²) in [6.07, 6.45) is 1.46. The van der Waals surface area contributed by atoms with Gasteiger partial charge in [0.05, 0.1) is 14.2 Å². The molecule has 32 heavy (non-hydrogen) atoms. The van der Waals surface area contributed by atoms with Gasteiger partial charge >= 0.3 is 0 Å². The van der Waals surface area contributed by atoms with E-state index in [1.54, 1.807) is 25.3 Å². The number of rotatable bonds is 10. The van der Waals surface area contributed by atoms with Crippen molar-refractivity contribution in [1.82, 2.24) is 4.72 Å². The van der Waals surface area contributed by atoms with Crippen LogP contribution < -0.4 is 18.9 Å². The Morgan fingerprint density at radius 3 is 2.22 bits per heavy atom. The van der Waals surface area contributed by atoms with Crippen molar-refractivity contribution in [2.24, 2.45) is 0 Å². The quantitative estimate of drug-likeness (QED) is 0.485. The van der Waals surface area contributed by atoms with Crippen molar-refractivity contribution >= 4 is 16.1 Å². The number of sulfonamides is 1. The lowest BCUT2D eigenvalue weighted by Gasteiger charge is -2.12. The van der Waals surface area contributed by atoms with E-state index in [1.807, 2.05) is 24.3 Å². The van der Waals surface area contributed by atoms with Crippen molar-refractivity contribution in [3.63, 3.8) is 0 Å². The molecule has 3 rings (SSSR count). The summed E-state index contributed by atoms with van der Waals surface area (Å²) < 4.78 is 56.2. The third kappa shape index (κ3) is 6.83. The van der Waals surface area contributed by atoms with Gasteiger partial charge in [-0.05, 0) is 59.2 Å². The molecule has 168 valence electrons. The first kappa shape index (κ1) is 23.3. The van der Waals surface area contributed by atoms with E-state index in [2.05, 4.69) is 4.72 Å². The molecular weight excluding hydrogens is 433 g/mol. The molecule has 0 radical (unpaired) electrons. The molecular formula is C24H24FNO5S. The lowest BCUT2D eigenvalue weighted by atomic mass is 10.2. The van der Waals surface area contributed by atoms with Gasteiger partial charge in [-0.25, -0.2) is 17.5 Å². The van der Waals surface area contributed by atoms with Gasteiger partial charge in [0, 0.05) is 12.0 Å². The normalized spacial score (nSPS) is 11.5. The van der Waals surface area contributed by atoms with Crippen molar-refractivity contribution < 1.29 is 27.0 Å². The van der Waals surface area contributed by atoms with Gasteiger partial charge in [-0.3, -0.25) is 0 Å². The maximum Gasteiger partial charge on any atom is 0.234 e. The monoisotopic (exact) mass is 457 g/mol. The average molecular weight is 458 g/mol. The van der Waals surface area contributed by atoms with E-state index < -0.39 is 10.0 Å². The van der Waals surface area contributed by atoms with Crippen molar-refractivity contribution in [2.75, 3.05) is 14.2 Å². The molecule has 3 aromatic rings. The molecule has 6 nitrogen and oxygen atoms in total. The molecule has 0 fully saturated rings. The van der Waals surface area contributed by atoms with E-state index in [0.717, 1.165) is 16.7 Å². The third-order valence-corrected chi connectivity index (χ3v) is 5.61. The third-order valence-electron chi connectivity index (χ3n) is 4.57. The number of hydrogen-bond donors (Lipinski definition) is 1. The largest absolute Gasteiger partial charge is 0.497 e. The summed E-state index contributed by atoms with van der Waals surface area (Å²) >= 11 is 0. The molecule has 0 amide bonds. The second-order valence-electron chi connectivity index (χ2n) is 6.84. The van der Waals surface area contributed by atoms with Gasteiger partial charge in [0.15, 0.2) is 11.5 Å². The number of hydrogen-bond acceptors (Lipinski definition) is 5. The molecule has 8 heteroatoms. The fourth-order valence-electron chi connectivity index (χ4n) is 2.79. The Labute approximate surface area is 187 Å². The molecule has 0 aromatic heterocycles. The predicted octanol–water partition coefficient (Wildman–Crippen LogP) is 4.51. The van der Waals surface area contributed by atoms with Crippen LogP contribution in [0, 0.1) is 5.82 Å². The molecule has 0 unspecified atom stereocenters.